The lowest BCUT2D eigenvalue weighted by molar-refractivity contribution is -0.132. The third-order valence-corrected chi connectivity index (χ3v) is 2.72. The number of hydrogen-bond donors (Lipinski definition) is 3. The smallest absolute Gasteiger partial charge is 0.249 e. The second-order valence-electron chi connectivity index (χ2n) is 3.86. The Bertz CT molecular complexity index is 207. The van der Waals surface area contributed by atoms with Crippen molar-refractivity contribution in [2.24, 2.45) is 5.73 Å². The Labute approximate surface area is 90.0 Å². The van der Waals surface area contributed by atoms with Crippen molar-refractivity contribution < 1.29 is 14.6 Å². The molecule has 0 bridgehead atoms. The van der Waals surface area contributed by atoms with Gasteiger partial charge in [0.25, 0.3) is 0 Å². The molecule has 0 aromatic carbocycles. The van der Waals surface area contributed by atoms with Gasteiger partial charge in [-0.1, -0.05) is 6.92 Å². The molecular formula is C10H20N2O3. The summed E-state index contributed by atoms with van der Waals surface area (Å²) in [5, 5.41) is 11.7. The Morgan fingerprint density at radius 3 is 2.87 bits per heavy atom. The number of carbonyl (C=O) groups excluding carboxylic acids is 1. The molecule has 3 unspecified atom stereocenters. The van der Waals surface area contributed by atoms with E-state index in [0.29, 0.717) is 6.54 Å². The highest BCUT2D eigenvalue weighted by molar-refractivity contribution is 5.81. The maximum Gasteiger partial charge on any atom is 0.249 e. The fourth-order valence-corrected chi connectivity index (χ4v) is 1.64. The van der Waals surface area contributed by atoms with E-state index >= 15 is 0 Å². The molecule has 1 saturated heterocycles. The second-order valence-corrected chi connectivity index (χ2v) is 3.86. The summed E-state index contributed by atoms with van der Waals surface area (Å²) in [4.78, 5) is 11.6. The zero-order chi connectivity index (χ0) is 11.3. The first kappa shape index (κ1) is 12.4. The summed E-state index contributed by atoms with van der Waals surface area (Å²) >= 11 is 0. The summed E-state index contributed by atoms with van der Waals surface area (Å²) in [6.45, 7) is 2.34. The van der Waals surface area contributed by atoms with Crippen LogP contribution in [0.5, 0.6) is 0 Å². The van der Waals surface area contributed by atoms with Crippen molar-refractivity contribution in [1.82, 2.24) is 5.32 Å². The molecule has 0 saturated carbocycles. The summed E-state index contributed by atoms with van der Waals surface area (Å²) in [7, 11) is 0. The van der Waals surface area contributed by atoms with E-state index in [4.69, 9.17) is 15.6 Å². The zero-order valence-electron chi connectivity index (χ0n) is 9.11. The third kappa shape index (κ3) is 3.44. The average molecular weight is 216 g/mol. The molecular weight excluding hydrogens is 196 g/mol. The number of nitrogens with two attached hydrogens (primary N) is 1. The third-order valence-electron chi connectivity index (χ3n) is 2.72. The molecule has 1 amide bonds. The topological polar surface area (TPSA) is 84.6 Å². The fourth-order valence-electron chi connectivity index (χ4n) is 1.64. The summed E-state index contributed by atoms with van der Waals surface area (Å²) in [5.74, 6) is -0.133. The van der Waals surface area contributed by atoms with Crippen LogP contribution in [0, 0.1) is 0 Å². The number of rotatable bonds is 5. The molecule has 0 aliphatic carbocycles. The number of nitrogens with one attached hydrogen (secondary N) is 1. The molecule has 1 heterocycles. The van der Waals surface area contributed by atoms with Gasteiger partial charge in [-0.15, -0.1) is 0 Å². The van der Waals surface area contributed by atoms with Gasteiger partial charge in [0.15, 0.2) is 0 Å². The van der Waals surface area contributed by atoms with Gasteiger partial charge in [0.1, 0.15) is 6.10 Å². The summed E-state index contributed by atoms with van der Waals surface area (Å²) in [6, 6.07) is -0.168. The minimum absolute atomic E-state index is 0.00922. The first-order chi connectivity index (χ1) is 7.21. The van der Waals surface area contributed by atoms with Crippen LogP contribution >= 0.6 is 0 Å². The highest BCUT2D eigenvalue weighted by Crippen LogP contribution is 2.18. The normalized spacial score (nSPS) is 27.7. The van der Waals surface area contributed by atoms with Crippen LogP contribution in [0.25, 0.3) is 0 Å². The van der Waals surface area contributed by atoms with Crippen molar-refractivity contribution in [3.05, 3.63) is 0 Å². The molecule has 1 aliphatic rings. The fraction of sp³-hybridized carbons (Fsp3) is 0.900. The summed E-state index contributed by atoms with van der Waals surface area (Å²) < 4.78 is 5.44. The first-order valence-electron chi connectivity index (χ1n) is 5.48. The van der Waals surface area contributed by atoms with Crippen molar-refractivity contribution in [2.75, 3.05) is 13.2 Å². The van der Waals surface area contributed by atoms with Gasteiger partial charge in [0.05, 0.1) is 18.8 Å². The van der Waals surface area contributed by atoms with Gasteiger partial charge in [-0.2, -0.15) is 0 Å². The van der Waals surface area contributed by atoms with Gasteiger partial charge in [-0.25, -0.2) is 0 Å². The average Bonchev–Trinajstić information content (AvgIpc) is 2.74. The monoisotopic (exact) mass is 216 g/mol. The molecule has 0 spiro atoms. The Balaban J connectivity index is 2.34. The molecule has 5 heteroatoms. The molecule has 0 aromatic rings. The summed E-state index contributed by atoms with van der Waals surface area (Å²) in [5.41, 5.74) is 5.45. The molecule has 1 rings (SSSR count). The van der Waals surface area contributed by atoms with Crippen LogP contribution in [0.15, 0.2) is 0 Å². The molecule has 1 fully saturated rings. The van der Waals surface area contributed by atoms with Gasteiger partial charge in [-0.3, -0.25) is 4.79 Å². The number of carbonyl (C=O) groups is 1. The van der Waals surface area contributed by atoms with Gasteiger partial charge in [0.2, 0.25) is 5.91 Å². The van der Waals surface area contributed by atoms with Crippen molar-refractivity contribution in [3.8, 4) is 0 Å². The van der Waals surface area contributed by atoms with Crippen molar-refractivity contribution in [3.63, 3.8) is 0 Å². The lowest BCUT2D eigenvalue weighted by Gasteiger charge is -2.17. The Morgan fingerprint density at radius 1 is 1.67 bits per heavy atom. The number of hydrogen-bond acceptors (Lipinski definition) is 4. The molecule has 1 aliphatic heterocycles. The maximum atomic E-state index is 11.6. The highest BCUT2D eigenvalue weighted by Gasteiger charge is 2.30. The standard InChI is InChI=1S/C10H20N2O3/c1-2-7(6-13)12-10(14)9-4-3-8(5-11)15-9/h7-9,13H,2-6,11H2,1H3,(H,12,14). The van der Waals surface area contributed by atoms with E-state index in [2.05, 4.69) is 5.32 Å². The zero-order valence-corrected chi connectivity index (χ0v) is 9.11. The van der Waals surface area contributed by atoms with Crippen LogP contribution < -0.4 is 11.1 Å². The summed E-state index contributed by atoms with van der Waals surface area (Å²) in [6.07, 6.45) is 1.89. The van der Waals surface area contributed by atoms with Crippen LogP contribution in [0.2, 0.25) is 0 Å². The maximum absolute atomic E-state index is 11.6. The predicted octanol–water partition coefficient (Wildman–Crippen LogP) is -0.620. The van der Waals surface area contributed by atoms with Gasteiger partial charge in [0, 0.05) is 6.54 Å². The molecule has 4 N–H and O–H groups in total. The minimum atomic E-state index is -0.390. The molecule has 0 aromatic heterocycles. The molecule has 0 radical (unpaired) electrons. The Kier molecular flexibility index (Phi) is 5.01. The molecule has 3 atom stereocenters. The lowest BCUT2D eigenvalue weighted by Crippen LogP contribution is -2.43. The number of aliphatic hydroxyl groups is 1. The number of ether oxygens (including phenoxy) is 1. The van der Waals surface area contributed by atoms with Crippen molar-refractivity contribution in [2.45, 2.75) is 44.4 Å². The van der Waals surface area contributed by atoms with Crippen LogP contribution in [0.3, 0.4) is 0 Å². The number of aliphatic hydroxyl groups excluding tert-OH is 1. The van der Waals surface area contributed by atoms with Gasteiger partial charge in [-0.05, 0) is 19.3 Å². The predicted molar refractivity (Wildman–Crippen MR) is 56.3 cm³/mol. The first-order valence-corrected chi connectivity index (χ1v) is 5.48. The van der Waals surface area contributed by atoms with Gasteiger partial charge >= 0.3 is 0 Å². The molecule has 5 nitrogen and oxygen atoms in total. The van der Waals surface area contributed by atoms with Crippen LogP contribution in [0.1, 0.15) is 26.2 Å². The molecule has 88 valence electrons. The Morgan fingerprint density at radius 2 is 2.40 bits per heavy atom. The minimum Gasteiger partial charge on any atom is -0.394 e. The highest BCUT2D eigenvalue weighted by atomic mass is 16.5. The van der Waals surface area contributed by atoms with E-state index in [1.165, 1.54) is 0 Å². The van der Waals surface area contributed by atoms with Gasteiger partial charge < -0.3 is 20.9 Å². The van der Waals surface area contributed by atoms with Crippen molar-refractivity contribution >= 4 is 5.91 Å². The van der Waals surface area contributed by atoms with Crippen LogP contribution in [-0.2, 0) is 9.53 Å². The van der Waals surface area contributed by atoms with E-state index in [1.807, 2.05) is 6.92 Å². The SMILES string of the molecule is CCC(CO)NC(=O)C1CCC(CN)O1. The quantitative estimate of drug-likeness (QED) is 0.572. The van der Waals surface area contributed by atoms with E-state index < -0.39 is 0 Å². The Hall–Kier alpha value is -0.650. The number of amides is 1. The van der Waals surface area contributed by atoms with E-state index in [9.17, 15) is 4.79 Å². The van der Waals surface area contributed by atoms with Crippen LogP contribution in [0.4, 0.5) is 0 Å². The van der Waals surface area contributed by atoms with Crippen molar-refractivity contribution in [1.29, 1.82) is 0 Å². The lowest BCUT2D eigenvalue weighted by atomic mass is 10.1. The van der Waals surface area contributed by atoms with Crippen LogP contribution in [-0.4, -0.2) is 42.4 Å². The second kappa shape index (κ2) is 6.05. The van der Waals surface area contributed by atoms with E-state index in [1.54, 1.807) is 0 Å². The van der Waals surface area contributed by atoms with E-state index in [0.717, 1.165) is 19.3 Å². The van der Waals surface area contributed by atoms with E-state index in [-0.39, 0.29) is 30.8 Å². The largest absolute Gasteiger partial charge is 0.394 e. The molecule has 15 heavy (non-hydrogen) atoms.